The molecule has 0 radical (unpaired) electrons. The minimum atomic E-state index is -4.21. The first-order valence-corrected chi connectivity index (χ1v) is 9.26. The van der Waals surface area contributed by atoms with Crippen LogP contribution < -0.4 is 10.1 Å². The van der Waals surface area contributed by atoms with Gasteiger partial charge in [-0.3, -0.25) is 4.79 Å². The lowest BCUT2D eigenvalue weighted by molar-refractivity contribution is -0.183. The van der Waals surface area contributed by atoms with Crippen molar-refractivity contribution in [3.63, 3.8) is 0 Å². The van der Waals surface area contributed by atoms with Crippen molar-refractivity contribution in [2.75, 3.05) is 0 Å². The van der Waals surface area contributed by atoms with E-state index < -0.39 is 24.0 Å². The maximum absolute atomic E-state index is 12.9. The third-order valence-corrected chi connectivity index (χ3v) is 5.13. The molecule has 5 nitrogen and oxygen atoms in total. The van der Waals surface area contributed by atoms with Gasteiger partial charge in [-0.2, -0.15) is 13.2 Å². The molecule has 152 valence electrons. The summed E-state index contributed by atoms with van der Waals surface area (Å²) in [5, 5.41) is 6.60. The molecule has 3 rings (SSSR count). The van der Waals surface area contributed by atoms with Crippen LogP contribution in [0.15, 0.2) is 28.8 Å². The summed E-state index contributed by atoms with van der Waals surface area (Å²) < 4.78 is 49.7. The minimum absolute atomic E-state index is 0.0720. The Morgan fingerprint density at radius 2 is 2.11 bits per heavy atom. The van der Waals surface area contributed by atoms with Crippen molar-refractivity contribution >= 4 is 5.91 Å². The van der Waals surface area contributed by atoms with Gasteiger partial charge in [-0.15, -0.1) is 0 Å². The Labute approximate surface area is 161 Å². The highest BCUT2D eigenvalue weighted by Crippen LogP contribution is 2.37. The molecule has 0 bridgehead atoms. The fourth-order valence-electron chi connectivity index (χ4n) is 3.48. The van der Waals surface area contributed by atoms with Crippen LogP contribution in [0.3, 0.4) is 0 Å². The van der Waals surface area contributed by atoms with Crippen LogP contribution in [0.4, 0.5) is 13.2 Å². The summed E-state index contributed by atoms with van der Waals surface area (Å²) in [6.07, 6.45) is -3.15. The van der Waals surface area contributed by atoms with E-state index in [0.717, 1.165) is 11.3 Å². The molecule has 0 unspecified atom stereocenters. The molecule has 1 saturated carbocycles. The van der Waals surface area contributed by atoms with Crippen molar-refractivity contribution in [2.45, 2.75) is 58.4 Å². The van der Waals surface area contributed by atoms with E-state index in [0.29, 0.717) is 29.9 Å². The summed E-state index contributed by atoms with van der Waals surface area (Å²) in [4.78, 5) is 12.5. The third-order valence-electron chi connectivity index (χ3n) is 5.13. The van der Waals surface area contributed by atoms with Gasteiger partial charge in [0.15, 0.2) is 0 Å². The Bertz CT molecular complexity index is 813. The van der Waals surface area contributed by atoms with E-state index >= 15 is 0 Å². The zero-order valence-electron chi connectivity index (χ0n) is 15.8. The van der Waals surface area contributed by atoms with E-state index in [9.17, 15) is 18.0 Å². The highest BCUT2D eigenvalue weighted by molar-refractivity contribution is 5.94. The second kappa shape index (κ2) is 8.24. The zero-order chi connectivity index (χ0) is 20.3. The normalized spacial score (nSPS) is 20.0. The Kier molecular flexibility index (Phi) is 5.96. The molecule has 1 aromatic carbocycles. The van der Waals surface area contributed by atoms with Gasteiger partial charge in [0, 0.05) is 11.6 Å². The van der Waals surface area contributed by atoms with Crippen LogP contribution in [0.1, 0.15) is 53.1 Å². The second-order valence-corrected chi connectivity index (χ2v) is 7.19. The maximum Gasteiger partial charge on any atom is 0.391 e. The number of hydrogen-bond acceptors (Lipinski definition) is 4. The third kappa shape index (κ3) is 4.85. The van der Waals surface area contributed by atoms with Crippen LogP contribution in [0.25, 0.3) is 0 Å². The highest BCUT2D eigenvalue weighted by atomic mass is 19.4. The molecular weight excluding hydrogens is 373 g/mol. The molecule has 1 fully saturated rings. The maximum atomic E-state index is 12.9. The lowest BCUT2D eigenvalue weighted by atomic mass is 9.85. The minimum Gasteiger partial charge on any atom is -0.489 e. The van der Waals surface area contributed by atoms with Crippen LogP contribution in [0.5, 0.6) is 5.75 Å². The fraction of sp³-hybridized carbons (Fsp3) is 0.500. The molecule has 2 atom stereocenters. The van der Waals surface area contributed by atoms with Gasteiger partial charge >= 0.3 is 6.18 Å². The number of amides is 1. The Morgan fingerprint density at radius 1 is 1.32 bits per heavy atom. The van der Waals surface area contributed by atoms with Gasteiger partial charge in [-0.1, -0.05) is 17.6 Å². The molecule has 2 aromatic rings. The van der Waals surface area contributed by atoms with Gasteiger partial charge in [-0.25, -0.2) is 0 Å². The number of nitrogens with zero attached hydrogens (tertiary/aromatic N) is 1. The van der Waals surface area contributed by atoms with Crippen molar-refractivity contribution in [3.05, 3.63) is 46.8 Å². The summed E-state index contributed by atoms with van der Waals surface area (Å²) in [6, 6.07) is 6.12. The first-order valence-electron chi connectivity index (χ1n) is 9.26. The fourth-order valence-corrected chi connectivity index (χ4v) is 3.48. The quantitative estimate of drug-likeness (QED) is 0.794. The molecule has 0 saturated heterocycles. The Balaban J connectivity index is 1.61. The molecule has 1 aliphatic carbocycles. The van der Waals surface area contributed by atoms with Gasteiger partial charge in [-0.05, 0) is 51.3 Å². The average Bonchev–Trinajstić information content (AvgIpc) is 2.97. The monoisotopic (exact) mass is 396 g/mol. The second-order valence-electron chi connectivity index (χ2n) is 7.19. The number of halogens is 3. The number of nitrogens with one attached hydrogen (secondary N) is 1. The Hall–Kier alpha value is -2.51. The largest absolute Gasteiger partial charge is 0.489 e. The lowest BCUT2D eigenvalue weighted by Crippen LogP contribution is -2.41. The molecule has 0 aliphatic heterocycles. The molecule has 1 aromatic heterocycles. The molecule has 1 N–H and O–H groups in total. The van der Waals surface area contributed by atoms with Crippen molar-refractivity contribution in [3.8, 4) is 5.75 Å². The molecular formula is C20H23F3N2O3. The summed E-state index contributed by atoms with van der Waals surface area (Å²) in [5.74, 6) is -0.584. The number of ether oxygens (including phenoxy) is 1. The average molecular weight is 396 g/mol. The molecule has 8 heteroatoms. The van der Waals surface area contributed by atoms with Crippen molar-refractivity contribution in [1.29, 1.82) is 0 Å². The topological polar surface area (TPSA) is 64.4 Å². The van der Waals surface area contributed by atoms with E-state index in [2.05, 4.69) is 10.5 Å². The van der Waals surface area contributed by atoms with E-state index in [-0.39, 0.29) is 19.4 Å². The molecule has 28 heavy (non-hydrogen) atoms. The molecule has 1 amide bonds. The number of aromatic nitrogens is 1. The number of alkyl halides is 3. The van der Waals surface area contributed by atoms with Gasteiger partial charge in [0.2, 0.25) is 0 Å². The van der Waals surface area contributed by atoms with Crippen molar-refractivity contribution < 1.29 is 27.2 Å². The van der Waals surface area contributed by atoms with Gasteiger partial charge in [0.1, 0.15) is 18.1 Å². The molecule has 1 aliphatic rings. The summed E-state index contributed by atoms with van der Waals surface area (Å²) >= 11 is 0. The predicted molar refractivity (Wildman–Crippen MR) is 96.0 cm³/mol. The van der Waals surface area contributed by atoms with Gasteiger partial charge in [0.25, 0.3) is 5.91 Å². The van der Waals surface area contributed by atoms with E-state index in [4.69, 9.17) is 9.26 Å². The van der Waals surface area contributed by atoms with Gasteiger partial charge in [0.05, 0.1) is 17.2 Å². The van der Waals surface area contributed by atoms with Crippen molar-refractivity contribution in [1.82, 2.24) is 10.5 Å². The van der Waals surface area contributed by atoms with Crippen LogP contribution in [-0.4, -0.2) is 23.3 Å². The molecule has 0 spiro atoms. The number of rotatable bonds is 5. The number of aryl methyl sites for hydroxylation is 2. The number of carbonyl (C=O) groups excluding carboxylic acids is 1. The van der Waals surface area contributed by atoms with Crippen LogP contribution >= 0.6 is 0 Å². The zero-order valence-corrected chi connectivity index (χ0v) is 15.8. The SMILES string of the molecule is Cc1noc(C)c1COc1cccc(C(=O)N[C@H]2CCC[C@H](C(F)(F)F)C2)c1. The summed E-state index contributed by atoms with van der Waals surface area (Å²) in [7, 11) is 0. The van der Waals surface area contributed by atoms with E-state index in [1.165, 1.54) is 0 Å². The smallest absolute Gasteiger partial charge is 0.391 e. The predicted octanol–water partition coefficient (Wildman–Crippen LogP) is 4.72. The number of benzene rings is 1. The first-order chi connectivity index (χ1) is 13.2. The standard InChI is InChI=1S/C20H23F3N2O3/c1-12-18(13(2)28-25-12)11-27-17-8-3-5-14(9-17)19(26)24-16-7-4-6-15(10-16)20(21,22)23/h3,5,8-9,15-16H,4,6-7,10-11H2,1-2H3,(H,24,26)/t15-,16-/m0/s1. The van der Waals surface area contributed by atoms with E-state index in [1.54, 1.807) is 31.2 Å². The van der Waals surface area contributed by atoms with E-state index in [1.807, 2.05) is 6.92 Å². The number of carbonyl (C=O) groups is 1. The van der Waals surface area contributed by atoms with Gasteiger partial charge < -0.3 is 14.6 Å². The summed E-state index contributed by atoms with van der Waals surface area (Å²) in [5.41, 5.74) is 1.93. The Morgan fingerprint density at radius 3 is 2.79 bits per heavy atom. The first kappa shape index (κ1) is 20.2. The van der Waals surface area contributed by atoms with Crippen LogP contribution in [0.2, 0.25) is 0 Å². The van der Waals surface area contributed by atoms with Crippen LogP contribution in [0, 0.1) is 19.8 Å². The number of hydrogen-bond donors (Lipinski definition) is 1. The highest BCUT2D eigenvalue weighted by Gasteiger charge is 2.42. The van der Waals surface area contributed by atoms with Crippen molar-refractivity contribution in [2.24, 2.45) is 5.92 Å². The molecule has 1 heterocycles. The van der Waals surface area contributed by atoms with Crippen LogP contribution in [-0.2, 0) is 6.61 Å². The lowest BCUT2D eigenvalue weighted by Gasteiger charge is -2.31. The summed E-state index contributed by atoms with van der Waals surface area (Å²) in [6.45, 7) is 3.86.